The zero-order valence-electron chi connectivity index (χ0n) is 13.1. The number of carbonyl (C=O) groups excluding carboxylic acids is 1. The minimum atomic E-state index is 0.289. The third-order valence-electron chi connectivity index (χ3n) is 4.06. The molecule has 1 amide bonds. The van der Waals surface area contributed by atoms with Crippen molar-refractivity contribution < 1.29 is 9.53 Å². The Kier molecular flexibility index (Phi) is 6.21. The lowest BCUT2D eigenvalue weighted by atomic mass is 10.1. The van der Waals surface area contributed by atoms with Crippen molar-refractivity contribution in [2.75, 3.05) is 26.8 Å². The Balaban J connectivity index is 1.83. The number of methoxy groups -OCH3 is 1. The van der Waals surface area contributed by atoms with Gasteiger partial charge in [-0.25, -0.2) is 0 Å². The second-order valence-corrected chi connectivity index (χ2v) is 5.73. The molecule has 4 heteroatoms. The normalized spacial score (nSPS) is 18.5. The third kappa shape index (κ3) is 4.83. The molecule has 1 N–H and O–H groups in total. The van der Waals surface area contributed by atoms with Crippen LogP contribution in [0.5, 0.6) is 0 Å². The molecule has 1 heterocycles. The fraction of sp³-hybridized carbons (Fsp3) is 0.588. The number of ether oxygens (including phenoxy) is 1. The van der Waals surface area contributed by atoms with Crippen LogP contribution in [0, 0.1) is 6.92 Å². The summed E-state index contributed by atoms with van der Waals surface area (Å²) in [5.74, 6) is 0.289. The molecule has 21 heavy (non-hydrogen) atoms. The van der Waals surface area contributed by atoms with Crippen LogP contribution in [0.2, 0.25) is 0 Å². The van der Waals surface area contributed by atoms with Crippen LogP contribution in [0.15, 0.2) is 24.3 Å². The molecule has 0 spiro atoms. The monoisotopic (exact) mass is 290 g/mol. The summed E-state index contributed by atoms with van der Waals surface area (Å²) in [6.07, 6.45) is 2.69. The number of likely N-dealkylation sites (tertiary alicyclic amines) is 1. The SMILES string of the molecule is COCCNCC[C@@H]1CCC(=O)N1Cc1ccc(C)cc1. The molecule has 1 aromatic rings. The summed E-state index contributed by atoms with van der Waals surface area (Å²) in [6.45, 7) is 5.36. The fourth-order valence-electron chi connectivity index (χ4n) is 2.77. The third-order valence-corrected chi connectivity index (χ3v) is 4.06. The molecule has 0 aromatic heterocycles. The first-order valence-corrected chi connectivity index (χ1v) is 7.75. The van der Waals surface area contributed by atoms with E-state index in [1.54, 1.807) is 7.11 Å². The van der Waals surface area contributed by atoms with Crippen molar-refractivity contribution in [3.8, 4) is 0 Å². The molecular weight excluding hydrogens is 264 g/mol. The first-order chi connectivity index (χ1) is 10.2. The van der Waals surface area contributed by atoms with Gasteiger partial charge in [0.1, 0.15) is 0 Å². The molecule has 2 rings (SSSR count). The summed E-state index contributed by atoms with van der Waals surface area (Å²) in [5, 5.41) is 3.36. The summed E-state index contributed by atoms with van der Waals surface area (Å²) in [5.41, 5.74) is 2.47. The lowest BCUT2D eigenvalue weighted by Gasteiger charge is -2.25. The van der Waals surface area contributed by atoms with Crippen molar-refractivity contribution >= 4 is 5.91 Å². The van der Waals surface area contributed by atoms with Gasteiger partial charge in [0.05, 0.1) is 6.61 Å². The number of rotatable bonds is 8. The van der Waals surface area contributed by atoms with Crippen molar-refractivity contribution in [2.45, 2.75) is 38.8 Å². The maximum Gasteiger partial charge on any atom is 0.223 e. The molecule has 116 valence electrons. The van der Waals surface area contributed by atoms with Gasteiger partial charge >= 0.3 is 0 Å². The van der Waals surface area contributed by atoms with Crippen LogP contribution >= 0.6 is 0 Å². The largest absolute Gasteiger partial charge is 0.383 e. The van der Waals surface area contributed by atoms with Crippen LogP contribution in [0.3, 0.4) is 0 Å². The zero-order valence-corrected chi connectivity index (χ0v) is 13.1. The first kappa shape index (κ1) is 16.0. The number of hydrogen-bond acceptors (Lipinski definition) is 3. The Hall–Kier alpha value is -1.39. The molecule has 1 saturated heterocycles. The van der Waals surface area contributed by atoms with Crippen LogP contribution in [-0.4, -0.2) is 43.7 Å². The highest BCUT2D eigenvalue weighted by Crippen LogP contribution is 2.23. The average Bonchev–Trinajstić information content (AvgIpc) is 2.82. The van der Waals surface area contributed by atoms with Gasteiger partial charge in [0.15, 0.2) is 0 Å². The minimum absolute atomic E-state index is 0.289. The van der Waals surface area contributed by atoms with Gasteiger partial charge in [0.2, 0.25) is 5.91 Å². The summed E-state index contributed by atoms with van der Waals surface area (Å²) in [4.78, 5) is 14.1. The Bertz CT molecular complexity index is 445. The summed E-state index contributed by atoms with van der Waals surface area (Å²) in [6, 6.07) is 8.83. The van der Waals surface area contributed by atoms with E-state index in [2.05, 4.69) is 36.5 Å². The molecule has 1 fully saturated rings. The molecule has 4 nitrogen and oxygen atoms in total. The van der Waals surface area contributed by atoms with E-state index in [-0.39, 0.29) is 5.91 Å². The second kappa shape index (κ2) is 8.15. The number of amides is 1. The number of hydrogen-bond donors (Lipinski definition) is 1. The van der Waals surface area contributed by atoms with Gasteiger partial charge in [0.25, 0.3) is 0 Å². The Labute approximate surface area is 127 Å². The van der Waals surface area contributed by atoms with E-state index < -0.39 is 0 Å². The van der Waals surface area contributed by atoms with Crippen LogP contribution < -0.4 is 5.32 Å². The summed E-state index contributed by atoms with van der Waals surface area (Å²) >= 11 is 0. The number of nitrogens with zero attached hydrogens (tertiary/aromatic N) is 1. The van der Waals surface area contributed by atoms with Gasteiger partial charge in [-0.3, -0.25) is 4.79 Å². The predicted molar refractivity (Wildman–Crippen MR) is 84.1 cm³/mol. The van der Waals surface area contributed by atoms with Gasteiger partial charge in [-0.1, -0.05) is 29.8 Å². The quantitative estimate of drug-likeness (QED) is 0.746. The molecule has 0 radical (unpaired) electrons. The lowest BCUT2D eigenvalue weighted by molar-refractivity contribution is -0.129. The summed E-state index contributed by atoms with van der Waals surface area (Å²) in [7, 11) is 1.71. The number of carbonyl (C=O) groups is 1. The summed E-state index contributed by atoms with van der Waals surface area (Å²) < 4.78 is 5.01. The predicted octanol–water partition coefficient (Wildman–Crippen LogP) is 2.11. The van der Waals surface area contributed by atoms with Gasteiger partial charge in [-0.2, -0.15) is 0 Å². The lowest BCUT2D eigenvalue weighted by Crippen LogP contribution is -2.35. The van der Waals surface area contributed by atoms with E-state index in [9.17, 15) is 4.79 Å². The van der Waals surface area contributed by atoms with E-state index in [0.29, 0.717) is 12.5 Å². The van der Waals surface area contributed by atoms with Crippen molar-refractivity contribution in [1.29, 1.82) is 0 Å². The smallest absolute Gasteiger partial charge is 0.223 e. The van der Waals surface area contributed by atoms with Crippen LogP contribution in [0.1, 0.15) is 30.4 Å². The van der Waals surface area contributed by atoms with Gasteiger partial charge < -0.3 is 15.0 Å². The van der Waals surface area contributed by atoms with E-state index in [4.69, 9.17) is 4.74 Å². The van der Waals surface area contributed by atoms with Gasteiger partial charge in [-0.05, 0) is 31.9 Å². The molecule has 1 atom stereocenters. The van der Waals surface area contributed by atoms with E-state index in [0.717, 1.165) is 39.1 Å². The van der Waals surface area contributed by atoms with Crippen LogP contribution in [0.4, 0.5) is 0 Å². The first-order valence-electron chi connectivity index (χ1n) is 7.75. The molecule has 0 aliphatic carbocycles. The maximum absolute atomic E-state index is 12.1. The molecule has 1 aromatic carbocycles. The molecular formula is C17H26N2O2. The molecule has 0 saturated carbocycles. The van der Waals surface area contributed by atoms with E-state index >= 15 is 0 Å². The minimum Gasteiger partial charge on any atom is -0.383 e. The van der Waals surface area contributed by atoms with Crippen LogP contribution in [0.25, 0.3) is 0 Å². The Morgan fingerprint density at radius 1 is 1.29 bits per heavy atom. The number of aryl methyl sites for hydroxylation is 1. The number of nitrogens with one attached hydrogen (secondary N) is 1. The van der Waals surface area contributed by atoms with Gasteiger partial charge in [0, 0.05) is 32.7 Å². The van der Waals surface area contributed by atoms with Crippen molar-refractivity contribution in [3.63, 3.8) is 0 Å². The van der Waals surface area contributed by atoms with Crippen molar-refractivity contribution in [1.82, 2.24) is 10.2 Å². The standard InChI is InChI=1S/C17H26N2O2/c1-14-3-5-15(6-4-14)13-19-16(7-8-17(19)20)9-10-18-11-12-21-2/h3-6,16,18H,7-13H2,1-2H3/t16-/m0/s1. The van der Waals surface area contributed by atoms with Crippen LogP contribution in [-0.2, 0) is 16.1 Å². The zero-order chi connectivity index (χ0) is 15.1. The Morgan fingerprint density at radius 3 is 2.76 bits per heavy atom. The molecule has 1 aliphatic heterocycles. The highest BCUT2D eigenvalue weighted by atomic mass is 16.5. The highest BCUT2D eigenvalue weighted by molar-refractivity contribution is 5.78. The molecule has 0 bridgehead atoms. The van der Waals surface area contributed by atoms with E-state index in [1.165, 1.54) is 11.1 Å². The molecule has 1 aliphatic rings. The molecule has 0 unspecified atom stereocenters. The second-order valence-electron chi connectivity index (χ2n) is 5.73. The Morgan fingerprint density at radius 2 is 2.05 bits per heavy atom. The van der Waals surface area contributed by atoms with Gasteiger partial charge in [-0.15, -0.1) is 0 Å². The van der Waals surface area contributed by atoms with E-state index in [1.807, 2.05) is 4.90 Å². The van der Waals surface area contributed by atoms with Crippen molar-refractivity contribution in [2.24, 2.45) is 0 Å². The highest BCUT2D eigenvalue weighted by Gasteiger charge is 2.30. The number of benzene rings is 1. The maximum atomic E-state index is 12.1. The fourth-order valence-corrected chi connectivity index (χ4v) is 2.77. The topological polar surface area (TPSA) is 41.6 Å². The average molecular weight is 290 g/mol. The van der Waals surface area contributed by atoms with Crippen molar-refractivity contribution in [3.05, 3.63) is 35.4 Å².